The molecule has 5 rings (SSSR count). The van der Waals surface area contributed by atoms with Crippen molar-refractivity contribution in [2.75, 3.05) is 0 Å². The van der Waals surface area contributed by atoms with E-state index in [9.17, 15) is 0 Å². The molecule has 27 heavy (non-hydrogen) atoms. The van der Waals surface area contributed by atoms with E-state index in [0.717, 1.165) is 17.6 Å². The van der Waals surface area contributed by atoms with E-state index in [4.69, 9.17) is 0 Å². The molecule has 0 fully saturated rings. The molecule has 0 bridgehead atoms. The van der Waals surface area contributed by atoms with Crippen LogP contribution in [0.3, 0.4) is 0 Å². The second kappa shape index (κ2) is 6.69. The van der Waals surface area contributed by atoms with Gasteiger partial charge in [0.15, 0.2) is 0 Å². The van der Waals surface area contributed by atoms with Crippen LogP contribution in [0.4, 0.5) is 0 Å². The van der Waals surface area contributed by atoms with Crippen LogP contribution >= 0.6 is 0 Å². The standard InChI is InChI=1S/C24H19N3/c1-2-9-18(10-3-1)24(23-15-25-16-27-23)21-13-19(17-7-4-5-8-17)14-22-20(21)11-6-12-26-22/h1-7,9-16,24H,8H2,(H,25,27). The fourth-order valence-electron chi connectivity index (χ4n) is 3.89. The molecule has 0 radical (unpaired) electrons. The van der Waals surface area contributed by atoms with Crippen molar-refractivity contribution in [3.05, 3.63) is 114 Å². The molecule has 3 heteroatoms. The summed E-state index contributed by atoms with van der Waals surface area (Å²) >= 11 is 0. The number of aromatic amines is 1. The molecule has 2 heterocycles. The van der Waals surface area contributed by atoms with Crippen LogP contribution in [-0.2, 0) is 0 Å². The summed E-state index contributed by atoms with van der Waals surface area (Å²) in [7, 11) is 0. The first kappa shape index (κ1) is 15.8. The highest BCUT2D eigenvalue weighted by Crippen LogP contribution is 2.37. The van der Waals surface area contributed by atoms with Crippen molar-refractivity contribution < 1.29 is 0 Å². The monoisotopic (exact) mass is 349 g/mol. The van der Waals surface area contributed by atoms with Gasteiger partial charge in [0.05, 0.1) is 17.8 Å². The SMILES string of the molecule is C1=CCC(c2cc(C(c3ccccc3)c3cnc[nH]3)c3cccnc3c2)=C1. The molecule has 0 aliphatic heterocycles. The molecule has 1 aliphatic rings. The first-order valence-corrected chi connectivity index (χ1v) is 9.18. The van der Waals surface area contributed by atoms with Crippen LogP contribution < -0.4 is 0 Å². The normalized spacial score (nSPS) is 14.4. The maximum atomic E-state index is 4.66. The summed E-state index contributed by atoms with van der Waals surface area (Å²) in [5.74, 6) is 0.0790. The molecule has 130 valence electrons. The molecule has 1 N–H and O–H groups in total. The summed E-state index contributed by atoms with van der Waals surface area (Å²) in [6.07, 6.45) is 13.0. The largest absolute Gasteiger partial charge is 0.348 e. The number of allylic oxidation sites excluding steroid dienone is 4. The average Bonchev–Trinajstić information content (AvgIpc) is 3.43. The maximum Gasteiger partial charge on any atom is 0.0922 e. The number of pyridine rings is 1. The Kier molecular flexibility index (Phi) is 3.91. The lowest BCUT2D eigenvalue weighted by Gasteiger charge is -2.20. The average molecular weight is 349 g/mol. The Balaban J connectivity index is 1.78. The van der Waals surface area contributed by atoms with Crippen molar-refractivity contribution >= 4 is 16.5 Å². The Morgan fingerprint density at radius 2 is 1.93 bits per heavy atom. The van der Waals surface area contributed by atoms with Crippen LogP contribution in [0.1, 0.15) is 34.7 Å². The van der Waals surface area contributed by atoms with Gasteiger partial charge in [-0.25, -0.2) is 4.98 Å². The number of fused-ring (bicyclic) bond motifs is 1. The summed E-state index contributed by atoms with van der Waals surface area (Å²) in [6, 6.07) is 19.3. The molecule has 0 spiro atoms. The van der Waals surface area contributed by atoms with Crippen LogP contribution in [0.5, 0.6) is 0 Å². The summed E-state index contributed by atoms with van der Waals surface area (Å²) in [6.45, 7) is 0. The zero-order valence-corrected chi connectivity index (χ0v) is 14.8. The second-order valence-corrected chi connectivity index (χ2v) is 6.81. The molecule has 1 unspecified atom stereocenters. The van der Waals surface area contributed by atoms with Crippen LogP contribution in [0.15, 0.2) is 91.5 Å². The molecule has 0 amide bonds. The van der Waals surface area contributed by atoms with E-state index in [-0.39, 0.29) is 5.92 Å². The molecule has 0 saturated heterocycles. The van der Waals surface area contributed by atoms with Gasteiger partial charge in [-0.05, 0) is 46.9 Å². The molecular formula is C24H19N3. The number of hydrogen-bond donors (Lipinski definition) is 1. The van der Waals surface area contributed by atoms with Crippen molar-refractivity contribution in [1.29, 1.82) is 0 Å². The quantitative estimate of drug-likeness (QED) is 0.530. The van der Waals surface area contributed by atoms with Gasteiger partial charge in [-0.15, -0.1) is 0 Å². The van der Waals surface area contributed by atoms with E-state index in [2.05, 4.69) is 81.7 Å². The van der Waals surface area contributed by atoms with Gasteiger partial charge in [-0.3, -0.25) is 4.98 Å². The molecule has 3 nitrogen and oxygen atoms in total. The van der Waals surface area contributed by atoms with Gasteiger partial charge in [0.25, 0.3) is 0 Å². The van der Waals surface area contributed by atoms with Crippen molar-refractivity contribution in [1.82, 2.24) is 15.0 Å². The van der Waals surface area contributed by atoms with Crippen LogP contribution in [0, 0.1) is 0 Å². The first-order chi connectivity index (χ1) is 13.4. The topological polar surface area (TPSA) is 41.6 Å². The van der Waals surface area contributed by atoms with Gasteiger partial charge in [0.2, 0.25) is 0 Å². The Hall–Kier alpha value is -3.46. The number of H-pyrrole nitrogens is 1. The minimum Gasteiger partial charge on any atom is -0.348 e. The van der Waals surface area contributed by atoms with E-state index in [1.807, 2.05) is 18.5 Å². The third-order valence-corrected chi connectivity index (χ3v) is 5.17. The first-order valence-electron chi connectivity index (χ1n) is 9.18. The minimum absolute atomic E-state index is 0.0790. The number of benzene rings is 2. The van der Waals surface area contributed by atoms with E-state index < -0.39 is 0 Å². The smallest absolute Gasteiger partial charge is 0.0922 e. The highest BCUT2D eigenvalue weighted by atomic mass is 14.9. The van der Waals surface area contributed by atoms with Crippen molar-refractivity contribution in [2.45, 2.75) is 12.3 Å². The third kappa shape index (κ3) is 2.87. The van der Waals surface area contributed by atoms with Gasteiger partial charge in [0, 0.05) is 23.5 Å². The predicted molar refractivity (Wildman–Crippen MR) is 109 cm³/mol. The molecule has 0 saturated carbocycles. The zero-order chi connectivity index (χ0) is 18.1. The van der Waals surface area contributed by atoms with Gasteiger partial charge in [-0.1, -0.05) is 54.6 Å². The highest BCUT2D eigenvalue weighted by Gasteiger charge is 2.22. The lowest BCUT2D eigenvalue weighted by molar-refractivity contribution is 0.941. The Labute approximate surface area is 158 Å². The third-order valence-electron chi connectivity index (χ3n) is 5.17. The number of imidazole rings is 1. The number of hydrogen-bond acceptors (Lipinski definition) is 2. The zero-order valence-electron chi connectivity index (χ0n) is 14.8. The van der Waals surface area contributed by atoms with Gasteiger partial charge >= 0.3 is 0 Å². The fraction of sp³-hybridized carbons (Fsp3) is 0.0833. The van der Waals surface area contributed by atoms with E-state index >= 15 is 0 Å². The lowest BCUT2D eigenvalue weighted by atomic mass is 9.84. The Morgan fingerprint density at radius 1 is 1.00 bits per heavy atom. The van der Waals surface area contributed by atoms with E-state index in [1.165, 1.54) is 27.6 Å². The van der Waals surface area contributed by atoms with E-state index in [1.54, 1.807) is 6.33 Å². The number of rotatable bonds is 4. The van der Waals surface area contributed by atoms with Crippen LogP contribution in [0.2, 0.25) is 0 Å². The van der Waals surface area contributed by atoms with Gasteiger partial charge < -0.3 is 4.98 Å². The molecule has 2 aromatic heterocycles. The molecule has 1 atom stereocenters. The highest BCUT2D eigenvalue weighted by molar-refractivity contribution is 5.88. The summed E-state index contributed by atoms with van der Waals surface area (Å²) in [5, 5.41) is 1.18. The summed E-state index contributed by atoms with van der Waals surface area (Å²) in [4.78, 5) is 12.3. The second-order valence-electron chi connectivity index (χ2n) is 6.81. The van der Waals surface area contributed by atoms with Gasteiger partial charge in [-0.2, -0.15) is 0 Å². The number of aromatic nitrogens is 3. The Morgan fingerprint density at radius 3 is 2.70 bits per heavy atom. The minimum atomic E-state index is 0.0790. The number of nitrogens with one attached hydrogen (secondary N) is 1. The maximum absolute atomic E-state index is 4.66. The van der Waals surface area contributed by atoms with Crippen LogP contribution in [-0.4, -0.2) is 15.0 Å². The van der Waals surface area contributed by atoms with Crippen molar-refractivity contribution in [2.24, 2.45) is 0 Å². The lowest BCUT2D eigenvalue weighted by Crippen LogP contribution is -2.06. The van der Waals surface area contributed by atoms with Gasteiger partial charge in [0.1, 0.15) is 0 Å². The van der Waals surface area contributed by atoms with Crippen molar-refractivity contribution in [3.63, 3.8) is 0 Å². The predicted octanol–water partition coefficient (Wildman–Crippen LogP) is 5.48. The number of nitrogens with zero attached hydrogens (tertiary/aromatic N) is 2. The fourth-order valence-corrected chi connectivity index (χ4v) is 3.89. The molecule has 4 aromatic rings. The summed E-state index contributed by atoms with van der Waals surface area (Å²) < 4.78 is 0. The van der Waals surface area contributed by atoms with Crippen LogP contribution in [0.25, 0.3) is 16.5 Å². The molecule has 2 aromatic carbocycles. The van der Waals surface area contributed by atoms with Crippen molar-refractivity contribution in [3.8, 4) is 0 Å². The van der Waals surface area contributed by atoms with E-state index in [0.29, 0.717) is 0 Å². The summed E-state index contributed by atoms with van der Waals surface area (Å²) in [5.41, 5.74) is 7.17. The molecular weight excluding hydrogens is 330 g/mol. The molecule has 1 aliphatic carbocycles. The Bertz CT molecular complexity index is 1140.